The molecule has 7 N–H and O–H groups in total. The molecular formula is C24H48N4O4. The van der Waals surface area contributed by atoms with Crippen LogP contribution in [0, 0.1) is 11.8 Å². The fourth-order valence-electron chi connectivity index (χ4n) is 3.75. The molecule has 0 saturated heterocycles. The topological polar surface area (TPSA) is 148 Å². The van der Waals surface area contributed by atoms with Crippen molar-refractivity contribution < 1.29 is 19.5 Å². The molecule has 0 saturated carbocycles. The van der Waals surface area contributed by atoms with Crippen LogP contribution < -0.4 is 22.1 Å². The number of amides is 2. The maximum atomic E-state index is 12.9. The number of ketones is 1. The Bertz CT molecular complexity index is 540. The summed E-state index contributed by atoms with van der Waals surface area (Å²) in [6.45, 7) is 7.77. The second kappa shape index (κ2) is 18.0. The maximum Gasteiger partial charge on any atom is 0.245 e. The number of carbonyl (C=O) groups is 3. The van der Waals surface area contributed by atoms with Gasteiger partial charge >= 0.3 is 0 Å². The normalized spacial score (nSPS) is 15.1. The van der Waals surface area contributed by atoms with Crippen LogP contribution in [0.25, 0.3) is 0 Å². The summed E-state index contributed by atoms with van der Waals surface area (Å²) < 4.78 is 0. The molecule has 32 heavy (non-hydrogen) atoms. The number of Topliss-reactive ketones (excluding diaryl/α,β-unsaturated/α-hetero) is 1. The van der Waals surface area contributed by atoms with Crippen LogP contribution >= 0.6 is 0 Å². The average molecular weight is 457 g/mol. The van der Waals surface area contributed by atoms with Crippen LogP contribution in [-0.4, -0.2) is 54.0 Å². The third kappa shape index (κ3) is 12.5. The highest BCUT2D eigenvalue weighted by atomic mass is 16.3. The van der Waals surface area contributed by atoms with Crippen molar-refractivity contribution in [2.75, 3.05) is 13.1 Å². The van der Waals surface area contributed by atoms with Crippen molar-refractivity contribution in [3.8, 4) is 0 Å². The first-order valence-electron chi connectivity index (χ1n) is 12.4. The number of nitrogens with two attached hydrogens (primary N) is 2. The van der Waals surface area contributed by atoms with Gasteiger partial charge in [-0.1, -0.05) is 65.7 Å². The molecule has 0 aromatic heterocycles. The Morgan fingerprint density at radius 1 is 0.781 bits per heavy atom. The molecule has 188 valence electrons. The fraction of sp³-hybridized carbons (Fsp3) is 0.875. The van der Waals surface area contributed by atoms with E-state index in [0.717, 1.165) is 19.3 Å². The molecule has 0 aliphatic heterocycles. The summed E-state index contributed by atoms with van der Waals surface area (Å²) in [4.78, 5) is 38.0. The highest BCUT2D eigenvalue weighted by Gasteiger charge is 2.31. The molecule has 2 amide bonds. The van der Waals surface area contributed by atoms with Gasteiger partial charge in [0.25, 0.3) is 0 Å². The molecule has 0 radical (unpaired) electrons. The van der Waals surface area contributed by atoms with Gasteiger partial charge in [0.05, 0.1) is 12.1 Å². The smallest absolute Gasteiger partial charge is 0.245 e. The van der Waals surface area contributed by atoms with E-state index in [0.29, 0.717) is 25.8 Å². The third-order valence-corrected chi connectivity index (χ3v) is 5.79. The van der Waals surface area contributed by atoms with Gasteiger partial charge in [-0.3, -0.25) is 14.4 Å². The van der Waals surface area contributed by atoms with Gasteiger partial charge in [-0.2, -0.15) is 0 Å². The van der Waals surface area contributed by atoms with E-state index in [-0.39, 0.29) is 30.1 Å². The second-order valence-corrected chi connectivity index (χ2v) is 9.11. The molecule has 4 atom stereocenters. The number of nitrogens with one attached hydrogen (secondary N) is 2. The largest absolute Gasteiger partial charge is 0.391 e. The zero-order valence-corrected chi connectivity index (χ0v) is 20.7. The Morgan fingerprint density at radius 2 is 1.34 bits per heavy atom. The van der Waals surface area contributed by atoms with Crippen molar-refractivity contribution in [1.82, 2.24) is 10.6 Å². The molecule has 0 rings (SSSR count). The van der Waals surface area contributed by atoms with Crippen molar-refractivity contribution in [3.05, 3.63) is 0 Å². The van der Waals surface area contributed by atoms with E-state index in [1.165, 1.54) is 32.6 Å². The number of unbranched alkanes of at least 4 members (excludes halogenated alkanes) is 6. The number of aliphatic hydroxyl groups is 1. The van der Waals surface area contributed by atoms with Gasteiger partial charge in [0.1, 0.15) is 6.04 Å². The molecule has 0 heterocycles. The molecule has 0 fully saturated rings. The van der Waals surface area contributed by atoms with Crippen molar-refractivity contribution >= 4 is 17.6 Å². The minimum absolute atomic E-state index is 0.126. The van der Waals surface area contributed by atoms with E-state index in [2.05, 4.69) is 17.6 Å². The van der Waals surface area contributed by atoms with E-state index in [9.17, 15) is 19.5 Å². The van der Waals surface area contributed by atoms with Gasteiger partial charge < -0.3 is 27.2 Å². The lowest BCUT2D eigenvalue weighted by Crippen LogP contribution is -2.57. The summed E-state index contributed by atoms with van der Waals surface area (Å²) in [6, 6.07) is -1.88. The van der Waals surface area contributed by atoms with Crippen molar-refractivity contribution in [2.24, 2.45) is 23.3 Å². The quantitative estimate of drug-likeness (QED) is 0.188. The third-order valence-electron chi connectivity index (χ3n) is 5.79. The maximum absolute atomic E-state index is 12.9. The summed E-state index contributed by atoms with van der Waals surface area (Å²) in [7, 11) is 0. The van der Waals surface area contributed by atoms with Gasteiger partial charge in [0.15, 0.2) is 5.78 Å². The van der Waals surface area contributed by atoms with E-state index in [1.54, 1.807) is 13.8 Å². The molecule has 0 bridgehead atoms. The van der Waals surface area contributed by atoms with E-state index >= 15 is 0 Å². The molecule has 0 aliphatic rings. The van der Waals surface area contributed by atoms with Crippen LogP contribution in [0.1, 0.15) is 91.9 Å². The first-order valence-corrected chi connectivity index (χ1v) is 12.4. The van der Waals surface area contributed by atoms with Crippen molar-refractivity contribution in [2.45, 2.75) is 110 Å². The predicted molar refractivity (Wildman–Crippen MR) is 129 cm³/mol. The van der Waals surface area contributed by atoms with Crippen LogP contribution in [0.2, 0.25) is 0 Å². The Kier molecular flexibility index (Phi) is 17.1. The van der Waals surface area contributed by atoms with Crippen LogP contribution in [0.4, 0.5) is 0 Å². The lowest BCUT2D eigenvalue weighted by molar-refractivity contribution is -0.135. The van der Waals surface area contributed by atoms with Crippen LogP contribution in [0.15, 0.2) is 0 Å². The number of carbonyl (C=O) groups excluding carboxylic acids is 3. The molecule has 0 aliphatic carbocycles. The monoisotopic (exact) mass is 456 g/mol. The Morgan fingerprint density at radius 3 is 1.84 bits per heavy atom. The van der Waals surface area contributed by atoms with Crippen molar-refractivity contribution in [1.29, 1.82) is 0 Å². The summed E-state index contributed by atoms with van der Waals surface area (Å²) in [5.74, 6) is -1.56. The predicted octanol–water partition coefficient (Wildman–Crippen LogP) is 2.02. The highest BCUT2D eigenvalue weighted by molar-refractivity contribution is 5.94. The average Bonchev–Trinajstić information content (AvgIpc) is 2.74. The van der Waals surface area contributed by atoms with E-state index < -0.39 is 24.1 Å². The summed E-state index contributed by atoms with van der Waals surface area (Å²) in [6.07, 6.45) is 8.51. The van der Waals surface area contributed by atoms with Crippen molar-refractivity contribution in [3.63, 3.8) is 0 Å². The summed E-state index contributed by atoms with van der Waals surface area (Å²) in [5.41, 5.74) is 11.3. The van der Waals surface area contributed by atoms with Gasteiger partial charge in [-0.25, -0.2) is 0 Å². The zero-order valence-electron chi connectivity index (χ0n) is 20.7. The molecule has 8 nitrogen and oxygen atoms in total. The minimum Gasteiger partial charge on any atom is -0.391 e. The lowest BCUT2D eigenvalue weighted by Gasteiger charge is -2.26. The van der Waals surface area contributed by atoms with Crippen LogP contribution in [-0.2, 0) is 14.4 Å². The molecule has 0 spiro atoms. The first kappa shape index (κ1) is 30.5. The molecule has 0 aromatic rings. The number of hydrogen-bond donors (Lipinski definition) is 5. The highest BCUT2D eigenvalue weighted by Crippen LogP contribution is 2.16. The molecule has 1 unspecified atom stereocenters. The number of rotatable bonds is 19. The van der Waals surface area contributed by atoms with Gasteiger partial charge in [-0.15, -0.1) is 0 Å². The van der Waals surface area contributed by atoms with Crippen LogP contribution in [0.5, 0.6) is 0 Å². The SMILES string of the molecule is CCCCCCCCCC(CCN)C(=O)N[C@H](C(=O)N[C@@H](CCN)C(=O)C(C)C)[C@H](C)O. The second-order valence-electron chi connectivity index (χ2n) is 9.11. The van der Waals surface area contributed by atoms with Gasteiger partial charge in [0.2, 0.25) is 11.8 Å². The molecule has 8 heteroatoms. The summed E-state index contributed by atoms with van der Waals surface area (Å²) in [5, 5.41) is 15.5. The van der Waals surface area contributed by atoms with Gasteiger partial charge in [0, 0.05) is 11.8 Å². The zero-order chi connectivity index (χ0) is 24.5. The number of hydrogen-bond acceptors (Lipinski definition) is 6. The Balaban J connectivity index is 4.92. The molecular weight excluding hydrogens is 408 g/mol. The van der Waals surface area contributed by atoms with E-state index in [1.807, 2.05) is 0 Å². The van der Waals surface area contributed by atoms with Gasteiger partial charge in [-0.05, 0) is 39.3 Å². The lowest BCUT2D eigenvalue weighted by atomic mass is 9.95. The summed E-state index contributed by atoms with van der Waals surface area (Å²) >= 11 is 0. The standard InChI is InChI=1S/C24H48N4O4/c1-5-6-7-8-9-10-11-12-19(13-15-25)23(31)28-21(18(4)29)24(32)27-20(14-16-26)22(30)17(2)3/h17-21,29H,5-16,25-26H2,1-4H3,(H,27,32)(H,28,31)/t18-,19?,20-,21-/m0/s1. The van der Waals surface area contributed by atoms with Crippen LogP contribution in [0.3, 0.4) is 0 Å². The Labute approximate surface area is 194 Å². The number of aliphatic hydroxyl groups excluding tert-OH is 1. The Hall–Kier alpha value is -1.51. The fourth-order valence-corrected chi connectivity index (χ4v) is 3.75. The first-order chi connectivity index (χ1) is 15.2. The molecule has 0 aromatic carbocycles. The minimum atomic E-state index is -1.14. The van der Waals surface area contributed by atoms with E-state index in [4.69, 9.17) is 11.5 Å².